The fraction of sp³-hybridized carbons (Fsp3) is 0.154. The van der Waals surface area contributed by atoms with E-state index in [1.807, 2.05) is 18.2 Å². The second kappa shape index (κ2) is 8.28. The molecule has 1 aliphatic rings. The van der Waals surface area contributed by atoms with Gasteiger partial charge in [0.2, 0.25) is 5.88 Å². The second-order valence-corrected chi connectivity index (χ2v) is 9.51. The first-order valence-corrected chi connectivity index (χ1v) is 11.9. The van der Waals surface area contributed by atoms with Gasteiger partial charge in [-0.2, -0.15) is 0 Å². The Morgan fingerprint density at radius 1 is 1.11 bits per heavy atom. The van der Waals surface area contributed by atoms with Gasteiger partial charge >= 0.3 is 6.16 Å². The highest BCUT2D eigenvalue weighted by Crippen LogP contribution is 2.53. The zero-order valence-electron chi connectivity index (χ0n) is 18.4. The molecule has 0 radical (unpaired) electrons. The number of thiazole rings is 1. The van der Waals surface area contributed by atoms with Gasteiger partial charge < -0.3 is 9.84 Å². The van der Waals surface area contributed by atoms with Crippen molar-refractivity contribution in [2.75, 3.05) is 0 Å². The number of carboxylic acid groups (broad SMARTS) is 1. The lowest BCUT2D eigenvalue weighted by Gasteiger charge is -2.14. The van der Waals surface area contributed by atoms with Crippen molar-refractivity contribution < 1.29 is 19.0 Å². The number of halogens is 1. The van der Waals surface area contributed by atoms with E-state index < -0.39 is 12.0 Å². The van der Waals surface area contributed by atoms with Crippen LogP contribution in [-0.2, 0) is 12.0 Å². The molecule has 9 heteroatoms. The summed E-state index contributed by atoms with van der Waals surface area (Å²) >= 11 is 1.38. The molecule has 1 fully saturated rings. The number of ether oxygens (including phenoxy) is 1. The maximum Gasteiger partial charge on any atom is 0.512 e. The normalized spacial score (nSPS) is 14.2. The van der Waals surface area contributed by atoms with Crippen LogP contribution in [0.25, 0.3) is 20.9 Å². The van der Waals surface area contributed by atoms with Crippen LogP contribution in [0.1, 0.15) is 29.7 Å². The summed E-state index contributed by atoms with van der Waals surface area (Å²) in [7, 11) is 0. The molecule has 0 atom stereocenters. The first-order valence-electron chi connectivity index (χ1n) is 11.1. The number of hydrogen-bond acceptors (Lipinski definition) is 6. The van der Waals surface area contributed by atoms with E-state index in [0.717, 1.165) is 28.9 Å². The fourth-order valence-corrected chi connectivity index (χ4v) is 5.37. The average molecular weight is 487 g/mol. The summed E-state index contributed by atoms with van der Waals surface area (Å²) in [6.45, 7) is 0.214. The van der Waals surface area contributed by atoms with Crippen LogP contribution in [0.3, 0.4) is 0 Å². The predicted molar refractivity (Wildman–Crippen MR) is 129 cm³/mol. The van der Waals surface area contributed by atoms with E-state index in [1.165, 1.54) is 40.1 Å². The van der Waals surface area contributed by atoms with Crippen molar-refractivity contribution in [1.82, 2.24) is 19.5 Å². The molecular weight excluding hydrogens is 467 g/mol. The molecule has 3 aromatic heterocycles. The number of benzene rings is 2. The summed E-state index contributed by atoms with van der Waals surface area (Å²) < 4.78 is 21.3. The maximum atomic E-state index is 15.1. The molecule has 0 bridgehead atoms. The summed E-state index contributed by atoms with van der Waals surface area (Å²) in [6.07, 6.45) is 3.42. The van der Waals surface area contributed by atoms with Crippen LogP contribution in [0.5, 0.6) is 5.88 Å². The molecular formula is C26H19FN4O3S. The standard InChI is InChI=1S/C26H19FN4O3S/c27-19-12-16(14-31-15-28-13-22(31)34-25(32)33)6-7-18(19)23-29-20-8-9-21(30-24(20)35-23)26(10-11-26)17-4-2-1-3-5-17/h1-9,12-13,15H,10-11,14H2,(H,32,33). The first-order chi connectivity index (χ1) is 17.0. The Balaban J connectivity index is 1.28. The Bertz CT molecular complexity index is 1560. The largest absolute Gasteiger partial charge is 0.512 e. The Hall–Kier alpha value is -4.11. The lowest BCUT2D eigenvalue weighted by atomic mass is 9.92. The highest BCUT2D eigenvalue weighted by atomic mass is 32.1. The SMILES string of the molecule is O=C(O)Oc1cncn1Cc1ccc(-c2nc3ccc(C4(c5ccccc5)CC4)nc3s2)c(F)c1. The number of hydrogen-bond donors (Lipinski definition) is 1. The van der Waals surface area contributed by atoms with E-state index in [2.05, 4.69) is 39.0 Å². The number of carbonyl (C=O) groups is 1. The molecule has 5 aromatic rings. The van der Waals surface area contributed by atoms with Crippen molar-refractivity contribution >= 4 is 27.8 Å². The molecule has 0 aliphatic heterocycles. The molecule has 1 N–H and O–H groups in total. The number of imidazole rings is 1. The van der Waals surface area contributed by atoms with Gasteiger partial charge in [0.15, 0.2) is 0 Å². The minimum absolute atomic E-state index is 0.0387. The van der Waals surface area contributed by atoms with E-state index in [4.69, 9.17) is 10.1 Å². The quantitative estimate of drug-likeness (QED) is 0.302. The van der Waals surface area contributed by atoms with Gasteiger partial charge in [-0.15, -0.1) is 0 Å². The van der Waals surface area contributed by atoms with Crippen LogP contribution in [0.2, 0.25) is 0 Å². The van der Waals surface area contributed by atoms with Gasteiger partial charge in [0.1, 0.15) is 21.2 Å². The summed E-state index contributed by atoms with van der Waals surface area (Å²) in [5, 5.41) is 9.40. The lowest BCUT2D eigenvalue weighted by Crippen LogP contribution is -2.10. The van der Waals surface area contributed by atoms with Crippen molar-refractivity contribution in [3.8, 4) is 16.5 Å². The molecule has 174 valence electrons. The number of nitrogens with zero attached hydrogens (tertiary/aromatic N) is 4. The number of fused-ring (bicyclic) bond motifs is 1. The third-order valence-electron chi connectivity index (χ3n) is 6.31. The van der Waals surface area contributed by atoms with Crippen molar-refractivity contribution in [3.63, 3.8) is 0 Å². The van der Waals surface area contributed by atoms with Gasteiger partial charge in [-0.05, 0) is 48.2 Å². The third kappa shape index (κ3) is 3.93. The van der Waals surface area contributed by atoms with E-state index >= 15 is 4.39 Å². The van der Waals surface area contributed by atoms with Crippen LogP contribution < -0.4 is 4.74 Å². The molecule has 0 saturated heterocycles. The molecule has 0 amide bonds. The Kier molecular flexibility index (Phi) is 5.07. The molecule has 7 nitrogen and oxygen atoms in total. The van der Waals surface area contributed by atoms with Crippen LogP contribution in [-0.4, -0.2) is 30.8 Å². The van der Waals surface area contributed by atoms with Crippen molar-refractivity contribution in [2.24, 2.45) is 0 Å². The van der Waals surface area contributed by atoms with Crippen molar-refractivity contribution in [2.45, 2.75) is 24.8 Å². The lowest BCUT2D eigenvalue weighted by molar-refractivity contribution is 0.140. The van der Waals surface area contributed by atoms with Gasteiger partial charge in [-0.25, -0.2) is 24.1 Å². The van der Waals surface area contributed by atoms with Gasteiger partial charge in [-0.3, -0.25) is 4.57 Å². The fourth-order valence-electron chi connectivity index (χ4n) is 4.40. The Morgan fingerprint density at radius 2 is 1.94 bits per heavy atom. The van der Waals surface area contributed by atoms with Crippen molar-refractivity contribution in [3.05, 3.63) is 95.8 Å². The first kappa shape index (κ1) is 21.4. The van der Waals surface area contributed by atoms with Crippen LogP contribution in [0.4, 0.5) is 9.18 Å². The zero-order chi connectivity index (χ0) is 24.0. The maximum absolute atomic E-state index is 15.1. The molecule has 0 unspecified atom stereocenters. The molecule has 0 spiro atoms. The number of pyridine rings is 1. The highest BCUT2D eigenvalue weighted by molar-refractivity contribution is 7.21. The second-order valence-electron chi connectivity index (χ2n) is 8.53. The summed E-state index contributed by atoms with van der Waals surface area (Å²) in [5.74, 6) is -0.343. The molecule has 35 heavy (non-hydrogen) atoms. The molecule has 3 heterocycles. The average Bonchev–Trinajstić information content (AvgIpc) is 3.39. The van der Waals surface area contributed by atoms with E-state index in [1.54, 1.807) is 12.1 Å². The summed E-state index contributed by atoms with van der Waals surface area (Å²) in [6, 6.07) is 19.3. The minimum Gasteiger partial charge on any atom is -0.449 e. The van der Waals surface area contributed by atoms with Gasteiger partial charge in [0, 0.05) is 11.0 Å². The number of rotatable bonds is 6. The smallest absolute Gasteiger partial charge is 0.449 e. The highest BCUT2D eigenvalue weighted by Gasteiger charge is 2.47. The monoisotopic (exact) mass is 486 g/mol. The van der Waals surface area contributed by atoms with Crippen molar-refractivity contribution in [1.29, 1.82) is 0 Å². The van der Waals surface area contributed by atoms with Gasteiger partial charge in [-0.1, -0.05) is 47.7 Å². The predicted octanol–water partition coefficient (Wildman–Crippen LogP) is 5.88. The van der Waals surface area contributed by atoms with Gasteiger partial charge in [0.05, 0.1) is 24.8 Å². The zero-order valence-corrected chi connectivity index (χ0v) is 19.2. The Labute approximate surface area is 203 Å². The van der Waals surface area contributed by atoms with Crippen LogP contribution >= 0.6 is 11.3 Å². The van der Waals surface area contributed by atoms with E-state index in [0.29, 0.717) is 16.1 Å². The minimum atomic E-state index is -1.43. The van der Waals surface area contributed by atoms with E-state index in [9.17, 15) is 4.79 Å². The number of aromatic nitrogens is 4. The third-order valence-corrected chi connectivity index (χ3v) is 7.30. The van der Waals surface area contributed by atoms with E-state index in [-0.39, 0.29) is 17.8 Å². The molecule has 6 rings (SSSR count). The summed E-state index contributed by atoms with van der Waals surface area (Å²) in [5.41, 5.74) is 4.04. The topological polar surface area (TPSA) is 90.1 Å². The molecule has 1 saturated carbocycles. The van der Waals surface area contributed by atoms with Gasteiger partial charge in [0.25, 0.3) is 0 Å². The Morgan fingerprint density at radius 3 is 2.69 bits per heavy atom. The van der Waals surface area contributed by atoms with Crippen LogP contribution in [0.15, 0.2) is 73.2 Å². The van der Waals surface area contributed by atoms with Crippen LogP contribution in [0, 0.1) is 5.82 Å². The molecule has 2 aromatic carbocycles. The summed E-state index contributed by atoms with van der Waals surface area (Å²) in [4.78, 5) is 25.1. The molecule has 1 aliphatic carbocycles.